The van der Waals surface area contributed by atoms with Gasteiger partial charge in [0.1, 0.15) is 0 Å². The Labute approximate surface area is 121 Å². The fraction of sp³-hybridized carbons (Fsp3) is 0.588. The molecule has 2 rings (SSSR count). The van der Waals surface area contributed by atoms with E-state index in [2.05, 4.69) is 19.2 Å². The fourth-order valence-corrected chi connectivity index (χ4v) is 2.77. The summed E-state index contributed by atoms with van der Waals surface area (Å²) in [5.41, 5.74) is 2.01. The highest BCUT2D eigenvalue weighted by Crippen LogP contribution is 2.44. The van der Waals surface area contributed by atoms with Crippen LogP contribution >= 0.6 is 0 Å². The fourth-order valence-electron chi connectivity index (χ4n) is 2.77. The van der Waals surface area contributed by atoms with E-state index in [-0.39, 0.29) is 11.2 Å². The standard InChI is InChI=1S/C17H25NO2/c1-5-14(19)12-7-9-13(10-8-12)18-15-11-16(20-6-2)17(15,3)4/h7-10,15-16,18H,5-6,11H2,1-4H3. The predicted molar refractivity (Wildman–Crippen MR) is 82.3 cm³/mol. The molecule has 3 heteroatoms. The van der Waals surface area contributed by atoms with Gasteiger partial charge < -0.3 is 10.1 Å². The van der Waals surface area contributed by atoms with Crippen LogP contribution in [0.1, 0.15) is 50.9 Å². The number of Topliss-reactive ketones (excluding diaryl/α,β-unsaturated/α-hetero) is 1. The Bertz CT molecular complexity index is 464. The first-order chi connectivity index (χ1) is 9.48. The third-order valence-corrected chi connectivity index (χ3v) is 4.41. The van der Waals surface area contributed by atoms with Crippen molar-refractivity contribution in [2.45, 2.75) is 52.7 Å². The van der Waals surface area contributed by atoms with E-state index in [0.717, 1.165) is 24.3 Å². The highest BCUT2D eigenvalue weighted by atomic mass is 16.5. The molecule has 1 aliphatic carbocycles. The van der Waals surface area contributed by atoms with Crippen LogP contribution in [-0.4, -0.2) is 24.5 Å². The molecule has 110 valence electrons. The molecule has 0 radical (unpaired) electrons. The molecule has 20 heavy (non-hydrogen) atoms. The quantitative estimate of drug-likeness (QED) is 0.800. The maximum Gasteiger partial charge on any atom is 0.162 e. The Kier molecular flexibility index (Phi) is 4.48. The van der Waals surface area contributed by atoms with Crippen molar-refractivity contribution < 1.29 is 9.53 Å². The molecule has 0 aliphatic heterocycles. The molecule has 0 heterocycles. The van der Waals surface area contributed by atoms with Gasteiger partial charge in [0.05, 0.1) is 6.10 Å². The number of hydrogen-bond donors (Lipinski definition) is 1. The molecule has 0 aromatic heterocycles. The SMILES string of the molecule is CCOC1CC(Nc2ccc(C(=O)CC)cc2)C1(C)C. The average Bonchev–Trinajstić information content (AvgIpc) is 2.46. The van der Waals surface area contributed by atoms with Gasteiger partial charge in [-0.1, -0.05) is 20.8 Å². The van der Waals surface area contributed by atoms with Gasteiger partial charge in [0.2, 0.25) is 0 Å². The second-order valence-electron chi connectivity index (χ2n) is 6.05. The number of ether oxygens (including phenoxy) is 1. The van der Waals surface area contributed by atoms with Crippen LogP contribution in [0.15, 0.2) is 24.3 Å². The number of carbonyl (C=O) groups excluding carboxylic acids is 1. The van der Waals surface area contributed by atoms with Crippen molar-refractivity contribution in [2.75, 3.05) is 11.9 Å². The zero-order valence-electron chi connectivity index (χ0n) is 12.9. The number of benzene rings is 1. The summed E-state index contributed by atoms with van der Waals surface area (Å²) in [6.07, 6.45) is 1.93. The second kappa shape index (κ2) is 5.96. The zero-order chi connectivity index (χ0) is 14.8. The summed E-state index contributed by atoms with van der Waals surface area (Å²) in [4.78, 5) is 11.6. The maximum absolute atomic E-state index is 11.6. The van der Waals surface area contributed by atoms with E-state index in [0.29, 0.717) is 18.6 Å². The minimum absolute atomic E-state index is 0.147. The smallest absolute Gasteiger partial charge is 0.162 e. The van der Waals surface area contributed by atoms with E-state index in [1.807, 2.05) is 38.1 Å². The summed E-state index contributed by atoms with van der Waals surface area (Å²) in [6, 6.07) is 8.21. The molecule has 1 aromatic rings. The Morgan fingerprint density at radius 2 is 1.95 bits per heavy atom. The third-order valence-electron chi connectivity index (χ3n) is 4.41. The average molecular weight is 275 g/mol. The lowest BCUT2D eigenvalue weighted by Gasteiger charge is -2.52. The van der Waals surface area contributed by atoms with Crippen LogP contribution in [0.4, 0.5) is 5.69 Å². The summed E-state index contributed by atoms with van der Waals surface area (Å²) in [7, 11) is 0. The highest BCUT2D eigenvalue weighted by Gasteiger charge is 2.48. The van der Waals surface area contributed by atoms with Gasteiger partial charge in [-0.3, -0.25) is 4.79 Å². The van der Waals surface area contributed by atoms with Crippen LogP contribution in [0.5, 0.6) is 0 Å². The largest absolute Gasteiger partial charge is 0.382 e. The van der Waals surface area contributed by atoms with Crippen LogP contribution in [0.25, 0.3) is 0 Å². The van der Waals surface area contributed by atoms with Crippen LogP contribution in [-0.2, 0) is 4.74 Å². The first-order valence-electron chi connectivity index (χ1n) is 7.50. The molecule has 0 amide bonds. The van der Waals surface area contributed by atoms with Gasteiger partial charge in [0, 0.05) is 35.7 Å². The predicted octanol–water partition coefficient (Wildman–Crippen LogP) is 3.89. The number of rotatable bonds is 6. The molecule has 2 unspecified atom stereocenters. The molecule has 2 atom stereocenters. The van der Waals surface area contributed by atoms with Crippen molar-refractivity contribution in [2.24, 2.45) is 5.41 Å². The lowest BCUT2D eigenvalue weighted by Crippen LogP contribution is -2.58. The molecule has 0 spiro atoms. The summed E-state index contributed by atoms with van der Waals surface area (Å²) in [6.45, 7) is 9.18. The van der Waals surface area contributed by atoms with E-state index in [4.69, 9.17) is 4.74 Å². The van der Waals surface area contributed by atoms with E-state index in [1.54, 1.807) is 0 Å². The number of hydrogen-bond acceptors (Lipinski definition) is 3. The van der Waals surface area contributed by atoms with E-state index in [1.165, 1.54) is 0 Å². The second-order valence-corrected chi connectivity index (χ2v) is 6.05. The Hall–Kier alpha value is -1.35. The van der Waals surface area contributed by atoms with Crippen molar-refractivity contribution in [1.82, 2.24) is 0 Å². The maximum atomic E-state index is 11.6. The minimum Gasteiger partial charge on any atom is -0.382 e. The Morgan fingerprint density at radius 1 is 1.30 bits per heavy atom. The topological polar surface area (TPSA) is 38.3 Å². The Balaban J connectivity index is 1.96. The van der Waals surface area contributed by atoms with Gasteiger partial charge in [-0.2, -0.15) is 0 Å². The number of ketones is 1. The molecular weight excluding hydrogens is 250 g/mol. The molecule has 0 saturated heterocycles. The van der Waals surface area contributed by atoms with Crippen LogP contribution in [0.2, 0.25) is 0 Å². The number of nitrogens with one attached hydrogen (secondary N) is 1. The van der Waals surface area contributed by atoms with Crippen LogP contribution < -0.4 is 5.32 Å². The van der Waals surface area contributed by atoms with Gasteiger partial charge in [0.15, 0.2) is 5.78 Å². The first-order valence-corrected chi connectivity index (χ1v) is 7.50. The molecule has 1 aromatic carbocycles. The van der Waals surface area contributed by atoms with Crippen LogP contribution in [0, 0.1) is 5.41 Å². The van der Waals surface area contributed by atoms with Gasteiger partial charge in [-0.15, -0.1) is 0 Å². The lowest BCUT2D eigenvalue weighted by molar-refractivity contribution is -0.0975. The third kappa shape index (κ3) is 2.88. The number of anilines is 1. The first kappa shape index (κ1) is 15.0. The van der Waals surface area contributed by atoms with Crippen molar-refractivity contribution in [1.29, 1.82) is 0 Å². The van der Waals surface area contributed by atoms with Crippen LogP contribution in [0.3, 0.4) is 0 Å². The number of carbonyl (C=O) groups is 1. The summed E-state index contributed by atoms with van der Waals surface area (Å²) < 4.78 is 5.74. The molecule has 1 N–H and O–H groups in total. The van der Waals surface area contributed by atoms with E-state index >= 15 is 0 Å². The lowest BCUT2D eigenvalue weighted by atomic mass is 9.64. The highest BCUT2D eigenvalue weighted by molar-refractivity contribution is 5.96. The van der Waals surface area contributed by atoms with Gasteiger partial charge in [-0.25, -0.2) is 0 Å². The van der Waals surface area contributed by atoms with Gasteiger partial charge in [-0.05, 0) is 37.6 Å². The van der Waals surface area contributed by atoms with Crippen molar-refractivity contribution >= 4 is 11.5 Å². The monoisotopic (exact) mass is 275 g/mol. The summed E-state index contributed by atoms with van der Waals surface area (Å²) in [5.74, 6) is 0.192. The van der Waals surface area contributed by atoms with Gasteiger partial charge >= 0.3 is 0 Å². The summed E-state index contributed by atoms with van der Waals surface area (Å²) >= 11 is 0. The molecule has 1 aliphatic rings. The van der Waals surface area contributed by atoms with E-state index < -0.39 is 0 Å². The molecule has 3 nitrogen and oxygen atoms in total. The molecular formula is C17H25NO2. The van der Waals surface area contributed by atoms with Gasteiger partial charge in [0.25, 0.3) is 0 Å². The van der Waals surface area contributed by atoms with E-state index in [9.17, 15) is 4.79 Å². The van der Waals surface area contributed by atoms with Crippen molar-refractivity contribution in [3.63, 3.8) is 0 Å². The van der Waals surface area contributed by atoms with Crippen molar-refractivity contribution in [3.8, 4) is 0 Å². The molecule has 1 saturated carbocycles. The minimum atomic E-state index is 0.147. The normalized spacial score (nSPS) is 24.0. The molecule has 0 bridgehead atoms. The Morgan fingerprint density at radius 3 is 2.45 bits per heavy atom. The molecule has 1 fully saturated rings. The van der Waals surface area contributed by atoms with Crippen molar-refractivity contribution in [3.05, 3.63) is 29.8 Å². The zero-order valence-corrected chi connectivity index (χ0v) is 12.9. The summed E-state index contributed by atoms with van der Waals surface area (Å²) in [5, 5.41) is 3.55.